The first-order valence-electron chi connectivity index (χ1n) is 7.69. The molecule has 2 rings (SSSR count). The zero-order valence-electron chi connectivity index (χ0n) is 11.3. The first kappa shape index (κ1) is 13.4. The highest BCUT2D eigenvalue weighted by molar-refractivity contribution is 4.84. The molecule has 2 heteroatoms. The molecule has 0 heterocycles. The summed E-state index contributed by atoms with van der Waals surface area (Å²) in [6.07, 6.45) is 12.1. The Morgan fingerprint density at radius 3 is 2.35 bits per heavy atom. The fourth-order valence-corrected chi connectivity index (χ4v) is 3.70. The Balaban J connectivity index is 1.75. The summed E-state index contributed by atoms with van der Waals surface area (Å²) in [6.45, 7) is 3.15. The third kappa shape index (κ3) is 3.96. The summed E-state index contributed by atoms with van der Waals surface area (Å²) in [5.74, 6) is 1.40. The van der Waals surface area contributed by atoms with Gasteiger partial charge < -0.3 is 10.4 Å². The van der Waals surface area contributed by atoms with E-state index >= 15 is 0 Å². The second-order valence-corrected chi connectivity index (χ2v) is 6.21. The number of hydrogen-bond donors (Lipinski definition) is 2. The lowest BCUT2D eigenvalue weighted by atomic mass is 9.81. The second-order valence-electron chi connectivity index (χ2n) is 6.21. The van der Waals surface area contributed by atoms with Crippen molar-refractivity contribution in [2.75, 3.05) is 6.54 Å². The zero-order chi connectivity index (χ0) is 12.1. The van der Waals surface area contributed by atoms with Crippen LogP contribution in [0.4, 0.5) is 0 Å². The molecule has 0 aromatic carbocycles. The van der Waals surface area contributed by atoms with Crippen LogP contribution in [-0.2, 0) is 0 Å². The van der Waals surface area contributed by atoms with Crippen molar-refractivity contribution >= 4 is 0 Å². The molecule has 100 valence electrons. The topological polar surface area (TPSA) is 32.3 Å². The van der Waals surface area contributed by atoms with Gasteiger partial charge in [0.05, 0.1) is 6.10 Å². The van der Waals surface area contributed by atoms with Crippen molar-refractivity contribution in [3.05, 3.63) is 0 Å². The summed E-state index contributed by atoms with van der Waals surface area (Å²) in [7, 11) is 0. The zero-order valence-corrected chi connectivity index (χ0v) is 11.3. The number of rotatable bonds is 4. The highest BCUT2D eigenvalue weighted by atomic mass is 16.3. The average molecular weight is 239 g/mol. The molecule has 0 radical (unpaired) electrons. The summed E-state index contributed by atoms with van der Waals surface area (Å²) >= 11 is 0. The lowest BCUT2D eigenvalue weighted by Gasteiger charge is -2.35. The van der Waals surface area contributed by atoms with Crippen molar-refractivity contribution in [2.24, 2.45) is 11.8 Å². The highest BCUT2D eigenvalue weighted by Gasteiger charge is 2.28. The fourth-order valence-electron chi connectivity index (χ4n) is 3.70. The van der Waals surface area contributed by atoms with Crippen LogP contribution >= 0.6 is 0 Å². The quantitative estimate of drug-likeness (QED) is 0.790. The lowest BCUT2D eigenvalue weighted by Crippen LogP contribution is -2.45. The number of nitrogens with one attached hydrogen (secondary N) is 1. The molecular weight excluding hydrogens is 210 g/mol. The molecule has 0 amide bonds. The first-order valence-corrected chi connectivity index (χ1v) is 7.69. The molecule has 3 unspecified atom stereocenters. The summed E-state index contributed by atoms with van der Waals surface area (Å²) < 4.78 is 0. The van der Waals surface area contributed by atoms with Crippen LogP contribution in [0.5, 0.6) is 0 Å². The van der Waals surface area contributed by atoms with Gasteiger partial charge in [0.1, 0.15) is 0 Å². The Kier molecular flexibility index (Phi) is 5.30. The van der Waals surface area contributed by atoms with Crippen LogP contribution in [0.15, 0.2) is 0 Å². The molecule has 0 saturated heterocycles. The van der Waals surface area contributed by atoms with Crippen LogP contribution in [0.3, 0.4) is 0 Å². The maximum absolute atomic E-state index is 9.84. The van der Waals surface area contributed by atoms with Gasteiger partial charge in [-0.15, -0.1) is 0 Å². The van der Waals surface area contributed by atoms with Gasteiger partial charge in [-0.3, -0.25) is 0 Å². The van der Waals surface area contributed by atoms with Gasteiger partial charge in [-0.25, -0.2) is 0 Å². The highest BCUT2D eigenvalue weighted by Crippen LogP contribution is 2.28. The second kappa shape index (κ2) is 6.75. The molecule has 17 heavy (non-hydrogen) atoms. The van der Waals surface area contributed by atoms with Crippen LogP contribution in [0.1, 0.15) is 64.7 Å². The van der Waals surface area contributed by atoms with E-state index < -0.39 is 0 Å². The Hall–Kier alpha value is -0.0800. The average Bonchev–Trinajstić information content (AvgIpc) is 2.38. The molecule has 2 N–H and O–H groups in total. The fraction of sp³-hybridized carbons (Fsp3) is 1.00. The lowest BCUT2D eigenvalue weighted by molar-refractivity contribution is 0.0743. The van der Waals surface area contributed by atoms with E-state index in [4.69, 9.17) is 0 Å². The van der Waals surface area contributed by atoms with E-state index in [1.54, 1.807) is 0 Å². The Morgan fingerprint density at radius 2 is 1.65 bits per heavy atom. The maximum atomic E-state index is 9.84. The van der Waals surface area contributed by atoms with Gasteiger partial charge in [0.2, 0.25) is 0 Å². The van der Waals surface area contributed by atoms with Crippen LogP contribution < -0.4 is 5.32 Å². The molecule has 2 saturated carbocycles. The number of aliphatic hydroxyl groups is 1. The van der Waals surface area contributed by atoms with Gasteiger partial charge in [0.25, 0.3) is 0 Å². The van der Waals surface area contributed by atoms with Crippen LogP contribution in [0.2, 0.25) is 0 Å². The van der Waals surface area contributed by atoms with E-state index in [-0.39, 0.29) is 6.10 Å². The van der Waals surface area contributed by atoms with Gasteiger partial charge in [-0.05, 0) is 51.0 Å². The molecule has 0 bridgehead atoms. The van der Waals surface area contributed by atoms with E-state index in [2.05, 4.69) is 5.32 Å². The predicted octanol–water partition coefficient (Wildman–Crippen LogP) is 3.10. The number of hydrogen-bond acceptors (Lipinski definition) is 2. The first-order chi connectivity index (χ1) is 8.27. The molecule has 3 atom stereocenters. The monoisotopic (exact) mass is 239 g/mol. The maximum Gasteiger partial charge on any atom is 0.0555 e. The SMILES string of the molecule is CC(O)C1CCCCC1NCC1CCCCC1. The Bertz CT molecular complexity index is 211. The van der Waals surface area contributed by atoms with Crippen LogP contribution in [0, 0.1) is 11.8 Å². The van der Waals surface area contributed by atoms with E-state index in [1.807, 2.05) is 6.92 Å². The summed E-state index contributed by atoms with van der Waals surface area (Å²) in [5.41, 5.74) is 0. The van der Waals surface area contributed by atoms with Gasteiger partial charge in [-0.2, -0.15) is 0 Å². The van der Waals surface area contributed by atoms with Crippen molar-refractivity contribution in [1.82, 2.24) is 5.32 Å². The summed E-state index contributed by atoms with van der Waals surface area (Å²) in [4.78, 5) is 0. The van der Waals surface area contributed by atoms with Crippen molar-refractivity contribution < 1.29 is 5.11 Å². The van der Waals surface area contributed by atoms with E-state index in [0.717, 1.165) is 5.92 Å². The summed E-state index contributed by atoms with van der Waals surface area (Å²) in [5, 5.41) is 13.6. The minimum atomic E-state index is -0.140. The molecule has 2 fully saturated rings. The van der Waals surface area contributed by atoms with Crippen molar-refractivity contribution in [1.29, 1.82) is 0 Å². The largest absolute Gasteiger partial charge is 0.393 e. The standard InChI is InChI=1S/C15H29NO/c1-12(17)14-9-5-6-10-15(14)16-11-13-7-3-2-4-8-13/h12-17H,2-11H2,1H3. The third-order valence-corrected chi connectivity index (χ3v) is 4.83. The van der Waals surface area contributed by atoms with Gasteiger partial charge in [0, 0.05) is 6.04 Å². The molecule has 2 aliphatic rings. The molecule has 0 aliphatic heterocycles. The number of aliphatic hydroxyl groups excluding tert-OH is 1. The predicted molar refractivity (Wildman–Crippen MR) is 72.0 cm³/mol. The normalized spacial score (nSPS) is 33.5. The Labute approximate surface area is 106 Å². The molecule has 2 nitrogen and oxygen atoms in total. The van der Waals surface area contributed by atoms with Crippen molar-refractivity contribution in [2.45, 2.75) is 76.9 Å². The summed E-state index contributed by atoms with van der Waals surface area (Å²) in [6, 6.07) is 0.575. The van der Waals surface area contributed by atoms with Crippen LogP contribution in [-0.4, -0.2) is 23.8 Å². The molecular formula is C15H29NO. The molecule has 0 aromatic rings. The van der Waals surface area contributed by atoms with E-state index in [1.165, 1.54) is 64.3 Å². The molecule has 0 spiro atoms. The Morgan fingerprint density at radius 1 is 1.00 bits per heavy atom. The van der Waals surface area contributed by atoms with Crippen molar-refractivity contribution in [3.63, 3.8) is 0 Å². The minimum Gasteiger partial charge on any atom is -0.393 e. The van der Waals surface area contributed by atoms with Gasteiger partial charge in [-0.1, -0.05) is 32.1 Å². The molecule has 2 aliphatic carbocycles. The third-order valence-electron chi connectivity index (χ3n) is 4.83. The van der Waals surface area contributed by atoms with Crippen molar-refractivity contribution in [3.8, 4) is 0 Å². The van der Waals surface area contributed by atoms with Gasteiger partial charge in [0.15, 0.2) is 0 Å². The van der Waals surface area contributed by atoms with Gasteiger partial charge >= 0.3 is 0 Å². The smallest absolute Gasteiger partial charge is 0.0555 e. The molecule has 0 aromatic heterocycles. The van der Waals surface area contributed by atoms with E-state index in [9.17, 15) is 5.11 Å². The minimum absolute atomic E-state index is 0.140. The van der Waals surface area contributed by atoms with Crippen LogP contribution in [0.25, 0.3) is 0 Å². The van der Waals surface area contributed by atoms with E-state index in [0.29, 0.717) is 12.0 Å².